The van der Waals surface area contributed by atoms with E-state index in [1.54, 1.807) is 0 Å². The van der Waals surface area contributed by atoms with Crippen LogP contribution in [0, 0.1) is 5.92 Å². The summed E-state index contributed by atoms with van der Waals surface area (Å²) < 4.78 is 0. The molecule has 1 fully saturated rings. The second-order valence-electron chi connectivity index (χ2n) is 5.55. The normalized spacial score (nSPS) is 21.9. The third kappa shape index (κ3) is 3.70. The summed E-state index contributed by atoms with van der Waals surface area (Å²) >= 11 is 0. The van der Waals surface area contributed by atoms with Gasteiger partial charge in [0.05, 0.1) is 11.7 Å². The molecule has 0 spiro atoms. The van der Waals surface area contributed by atoms with E-state index < -0.39 is 0 Å². The Bertz CT molecular complexity index is 440. The van der Waals surface area contributed by atoms with Gasteiger partial charge in [-0.3, -0.25) is 4.79 Å². The molecular formula is C15H22N2O2. The summed E-state index contributed by atoms with van der Waals surface area (Å²) in [5, 5.41) is 15.4. The van der Waals surface area contributed by atoms with Gasteiger partial charge in [-0.2, -0.15) is 0 Å². The minimum absolute atomic E-state index is 0.0508. The zero-order valence-corrected chi connectivity index (χ0v) is 11.5. The van der Waals surface area contributed by atoms with Gasteiger partial charge < -0.3 is 15.7 Å². The van der Waals surface area contributed by atoms with E-state index in [4.69, 9.17) is 0 Å². The lowest BCUT2D eigenvalue weighted by Crippen LogP contribution is -2.38. The molecular weight excluding hydrogens is 240 g/mol. The lowest BCUT2D eigenvalue weighted by Gasteiger charge is -2.31. The Balaban J connectivity index is 1.94. The van der Waals surface area contributed by atoms with Crippen LogP contribution in [0.4, 0.5) is 5.69 Å². The van der Waals surface area contributed by atoms with Crippen LogP contribution in [0.25, 0.3) is 0 Å². The van der Waals surface area contributed by atoms with Gasteiger partial charge in [-0.05, 0) is 44.7 Å². The summed E-state index contributed by atoms with van der Waals surface area (Å²) in [5.74, 6) is 0.370. The predicted molar refractivity (Wildman–Crippen MR) is 76.3 cm³/mol. The SMILES string of the molecule is CC(C)Nc1ccccc1C(=O)NCC1CC(O)C1. The molecule has 0 heterocycles. The maximum atomic E-state index is 12.2. The molecule has 1 aliphatic rings. The largest absolute Gasteiger partial charge is 0.393 e. The van der Waals surface area contributed by atoms with Gasteiger partial charge in [0.1, 0.15) is 0 Å². The molecule has 0 saturated heterocycles. The third-order valence-electron chi connectivity index (χ3n) is 3.38. The number of aliphatic hydroxyl groups excluding tert-OH is 1. The summed E-state index contributed by atoms with van der Waals surface area (Å²) in [6.45, 7) is 4.74. The second kappa shape index (κ2) is 6.06. The van der Waals surface area contributed by atoms with Crippen molar-refractivity contribution in [3.8, 4) is 0 Å². The van der Waals surface area contributed by atoms with Crippen LogP contribution in [0.1, 0.15) is 37.0 Å². The average molecular weight is 262 g/mol. The molecule has 19 heavy (non-hydrogen) atoms. The van der Waals surface area contributed by atoms with Gasteiger partial charge in [0.2, 0.25) is 0 Å². The first-order valence-electron chi connectivity index (χ1n) is 6.88. The molecule has 2 rings (SSSR count). The monoisotopic (exact) mass is 262 g/mol. The van der Waals surface area contributed by atoms with Crippen molar-refractivity contribution in [1.29, 1.82) is 0 Å². The highest BCUT2D eigenvalue weighted by Crippen LogP contribution is 2.26. The van der Waals surface area contributed by atoms with Crippen molar-refractivity contribution in [2.75, 3.05) is 11.9 Å². The van der Waals surface area contributed by atoms with Crippen LogP contribution in [0.5, 0.6) is 0 Å². The van der Waals surface area contributed by atoms with Crippen molar-refractivity contribution in [3.63, 3.8) is 0 Å². The van der Waals surface area contributed by atoms with Gasteiger partial charge in [0.25, 0.3) is 5.91 Å². The molecule has 0 bridgehead atoms. The Morgan fingerprint density at radius 1 is 1.37 bits per heavy atom. The lowest BCUT2D eigenvalue weighted by atomic mass is 9.82. The minimum Gasteiger partial charge on any atom is -0.393 e. The zero-order valence-electron chi connectivity index (χ0n) is 11.5. The number of para-hydroxylation sites is 1. The number of benzene rings is 1. The van der Waals surface area contributed by atoms with Gasteiger partial charge in [-0.15, -0.1) is 0 Å². The number of amides is 1. The van der Waals surface area contributed by atoms with Crippen molar-refractivity contribution in [2.24, 2.45) is 5.92 Å². The van der Waals surface area contributed by atoms with Crippen molar-refractivity contribution in [1.82, 2.24) is 5.32 Å². The van der Waals surface area contributed by atoms with Crippen LogP contribution in [0.15, 0.2) is 24.3 Å². The van der Waals surface area contributed by atoms with E-state index in [9.17, 15) is 9.90 Å². The van der Waals surface area contributed by atoms with Gasteiger partial charge >= 0.3 is 0 Å². The van der Waals surface area contributed by atoms with Crippen LogP contribution in [0.3, 0.4) is 0 Å². The average Bonchev–Trinajstić information content (AvgIpc) is 2.33. The zero-order chi connectivity index (χ0) is 13.8. The standard InChI is InChI=1S/C15H22N2O2/c1-10(2)17-14-6-4-3-5-13(14)15(19)16-9-11-7-12(18)8-11/h3-6,10-12,17-18H,7-9H2,1-2H3,(H,16,19). The first kappa shape index (κ1) is 13.9. The molecule has 1 aromatic carbocycles. The van der Waals surface area contributed by atoms with Gasteiger partial charge in [-0.1, -0.05) is 12.1 Å². The first-order valence-corrected chi connectivity index (χ1v) is 6.88. The molecule has 1 aliphatic carbocycles. The fourth-order valence-corrected chi connectivity index (χ4v) is 2.32. The summed E-state index contributed by atoms with van der Waals surface area (Å²) in [4.78, 5) is 12.2. The maximum absolute atomic E-state index is 12.2. The number of aliphatic hydroxyl groups is 1. The van der Waals surface area contributed by atoms with E-state index in [0.717, 1.165) is 18.5 Å². The van der Waals surface area contributed by atoms with E-state index in [1.165, 1.54) is 0 Å². The van der Waals surface area contributed by atoms with Gasteiger partial charge in [0.15, 0.2) is 0 Å². The number of anilines is 1. The molecule has 104 valence electrons. The molecule has 1 saturated carbocycles. The first-order chi connectivity index (χ1) is 9.06. The Hall–Kier alpha value is -1.55. The van der Waals surface area contributed by atoms with Crippen LogP contribution < -0.4 is 10.6 Å². The highest BCUT2D eigenvalue weighted by Gasteiger charge is 2.27. The Morgan fingerprint density at radius 3 is 2.68 bits per heavy atom. The topological polar surface area (TPSA) is 61.4 Å². The number of carbonyl (C=O) groups is 1. The van der Waals surface area contributed by atoms with Crippen molar-refractivity contribution in [2.45, 2.75) is 38.8 Å². The minimum atomic E-state index is -0.170. The number of hydrogen-bond donors (Lipinski definition) is 3. The van der Waals surface area contributed by atoms with Gasteiger partial charge in [-0.25, -0.2) is 0 Å². The molecule has 4 nitrogen and oxygen atoms in total. The summed E-state index contributed by atoms with van der Waals surface area (Å²) in [7, 11) is 0. The molecule has 1 amide bonds. The number of nitrogens with one attached hydrogen (secondary N) is 2. The lowest BCUT2D eigenvalue weighted by molar-refractivity contribution is 0.0420. The van der Waals surface area contributed by atoms with Crippen molar-refractivity contribution < 1.29 is 9.90 Å². The van der Waals surface area contributed by atoms with Crippen LogP contribution >= 0.6 is 0 Å². The molecule has 4 heteroatoms. The van der Waals surface area contributed by atoms with Crippen LogP contribution in [0.2, 0.25) is 0 Å². The molecule has 0 aliphatic heterocycles. The Kier molecular flexibility index (Phi) is 4.43. The Morgan fingerprint density at radius 2 is 2.05 bits per heavy atom. The van der Waals surface area contributed by atoms with Gasteiger partial charge in [0, 0.05) is 18.3 Å². The summed E-state index contributed by atoms with van der Waals surface area (Å²) in [6.07, 6.45) is 1.43. The highest BCUT2D eigenvalue weighted by molar-refractivity contribution is 5.99. The van der Waals surface area contributed by atoms with Crippen LogP contribution in [-0.2, 0) is 0 Å². The summed E-state index contributed by atoms with van der Waals surface area (Å²) in [6, 6.07) is 7.82. The molecule has 1 aromatic rings. The maximum Gasteiger partial charge on any atom is 0.253 e. The van der Waals surface area contributed by atoms with E-state index in [1.807, 2.05) is 38.1 Å². The fourth-order valence-electron chi connectivity index (χ4n) is 2.32. The number of rotatable bonds is 5. The van der Waals surface area contributed by atoms with E-state index in [0.29, 0.717) is 18.0 Å². The smallest absolute Gasteiger partial charge is 0.253 e. The van der Waals surface area contributed by atoms with Crippen molar-refractivity contribution >= 4 is 11.6 Å². The van der Waals surface area contributed by atoms with E-state index >= 15 is 0 Å². The molecule has 0 radical (unpaired) electrons. The number of carbonyl (C=O) groups excluding carboxylic acids is 1. The third-order valence-corrected chi connectivity index (χ3v) is 3.38. The van der Waals surface area contributed by atoms with Crippen LogP contribution in [-0.4, -0.2) is 29.7 Å². The molecule has 0 atom stereocenters. The summed E-state index contributed by atoms with van der Waals surface area (Å²) in [5.41, 5.74) is 1.54. The quantitative estimate of drug-likeness (QED) is 0.760. The number of hydrogen-bond acceptors (Lipinski definition) is 3. The fraction of sp³-hybridized carbons (Fsp3) is 0.533. The Labute approximate surface area is 114 Å². The van der Waals surface area contributed by atoms with E-state index in [-0.39, 0.29) is 18.1 Å². The highest BCUT2D eigenvalue weighted by atomic mass is 16.3. The van der Waals surface area contributed by atoms with Crippen molar-refractivity contribution in [3.05, 3.63) is 29.8 Å². The molecule has 0 unspecified atom stereocenters. The molecule has 3 N–H and O–H groups in total. The second-order valence-corrected chi connectivity index (χ2v) is 5.55. The molecule has 0 aromatic heterocycles. The van der Waals surface area contributed by atoms with E-state index in [2.05, 4.69) is 10.6 Å². The predicted octanol–water partition coefficient (Wildman–Crippen LogP) is 2.01.